The van der Waals surface area contributed by atoms with Crippen molar-refractivity contribution in [1.82, 2.24) is 0 Å². The zero-order chi connectivity index (χ0) is 16.4. The molecule has 0 atom stereocenters. The van der Waals surface area contributed by atoms with Gasteiger partial charge in [-0.05, 0) is 31.2 Å². The van der Waals surface area contributed by atoms with Crippen LogP contribution in [-0.2, 0) is 27.2 Å². The number of nitrogens with zero attached hydrogens (tertiary/aromatic N) is 1. The average molecular weight is 352 g/mol. The number of ether oxygens (including phenoxy) is 1. The van der Waals surface area contributed by atoms with Crippen molar-refractivity contribution in [1.29, 1.82) is 5.26 Å². The largest absolute Gasteiger partial charge is 0.480 e. The lowest BCUT2D eigenvalue weighted by atomic mass is 9.96. The summed E-state index contributed by atoms with van der Waals surface area (Å²) < 4.78 is 3.96. The second-order valence-corrected chi connectivity index (χ2v) is 8.12. The fourth-order valence-corrected chi connectivity index (χ4v) is 4.89. The molecule has 1 aromatic heterocycles. The summed E-state index contributed by atoms with van der Waals surface area (Å²) in [5, 5.41) is 21.9. The van der Waals surface area contributed by atoms with Gasteiger partial charge in [-0.1, -0.05) is 0 Å². The van der Waals surface area contributed by atoms with Gasteiger partial charge in [-0.3, -0.25) is 9.59 Å². The van der Waals surface area contributed by atoms with Crippen LogP contribution in [0.15, 0.2) is 0 Å². The highest BCUT2D eigenvalue weighted by molar-refractivity contribution is 8.02. The number of thioether (sulfide) groups is 1. The topological polar surface area (TPSA) is 99.4 Å². The number of aliphatic carboxylic acids is 1. The summed E-state index contributed by atoms with van der Waals surface area (Å²) in [6, 6.07) is 2.20. The molecule has 23 heavy (non-hydrogen) atoms. The number of hydrogen-bond acceptors (Lipinski definition) is 6. The van der Waals surface area contributed by atoms with Gasteiger partial charge in [-0.15, -0.1) is 23.1 Å². The Labute approximate surface area is 141 Å². The standard InChI is InChI=1S/C15H16N2O4S2/c16-5-10-9-3-1-2-4-11(9)23-13(10)17-12(18)6-22-15(14(19)20)7-21-8-15/h1-4,6-8H2,(H,17,18)(H,19,20). The summed E-state index contributed by atoms with van der Waals surface area (Å²) in [4.78, 5) is 24.6. The lowest BCUT2D eigenvalue weighted by molar-refractivity contribution is -0.151. The number of nitriles is 1. The van der Waals surface area contributed by atoms with Crippen LogP contribution >= 0.6 is 23.1 Å². The summed E-state index contributed by atoms with van der Waals surface area (Å²) in [5.74, 6) is -1.20. The molecule has 0 radical (unpaired) electrons. The molecule has 2 heterocycles. The number of carboxylic acids is 1. The molecule has 0 unspecified atom stereocenters. The number of nitrogens with one attached hydrogen (secondary N) is 1. The van der Waals surface area contributed by atoms with Gasteiger partial charge in [-0.25, -0.2) is 0 Å². The van der Waals surface area contributed by atoms with E-state index in [0.29, 0.717) is 10.6 Å². The molecule has 1 aromatic rings. The Bertz CT molecular complexity index is 688. The Morgan fingerprint density at radius 1 is 1.39 bits per heavy atom. The van der Waals surface area contributed by atoms with Gasteiger partial charge < -0.3 is 15.2 Å². The van der Waals surface area contributed by atoms with Crippen LogP contribution in [0.2, 0.25) is 0 Å². The van der Waals surface area contributed by atoms with Crippen molar-refractivity contribution in [2.24, 2.45) is 0 Å². The second-order valence-electron chi connectivity index (χ2n) is 5.66. The van der Waals surface area contributed by atoms with Gasteiger partial charge in [0, 0.05) is 4.88 Å². The van der Waals surface area contributed by atoms with Crippen LogP contribution in [0.5, 0.6) is 0 Å². The number of hydrogen-bond donors (Lipinski definition) is 2. The van der Waals surface area contributed by atoms with Crippen LogP contribution in [0.25, 0.3) is 0 Å². The van der Waals surface area contributed by atoms with Crippen LogP contribution < -0.4 is 5.32 Å². The molecule has 1 fully saturated rings. The smallest absolute Gasteiger partial charge is 0.324 e. The van der Waals surface area contributed by atoms with E-state index in [-0.39, 0.29) is 24.9 Å². The predicted octanol–water partition coefficient (Wildman–Crippen LogP) is 2.02. The van der Waals surface area contributed by atoms with Gasteiger partial charge in [-0.2, -0.15) is 5.26 Å². The zero-order valence-corrected chi connectivity index (χ0v) is 14.0. The number of carboxylic acid groups (broad SMARTS) is 1. The van der Waals surface area contributed by atoms with E-state index < -0.39 is 10.7 Å². The van der Waals surface area contributed by atoms with E-state index in [4.69, 9.17) is 4.74 Å². The SMILES string of the molecule is N#Cc1c(NC(=O)CSC2(C(=O)O)COC2)sc2c1CCCC2. The van der Waals surface area contributed by atoms with E-state index in [0.717, 1.165) is 43.0 Å². The van der Waals surface area contributed by atoms with Crippen LogP contribution in [0.3, 0.4) is 0 Å². The number of anilines is 1. The fourth-order valence-electron chi connectivity index (χ4n) is 2.69. The summed E-state index contributed by atoms with van der Waals surface area (Å²) in [6.45, 7) is 0.244. The van der Waals surface area contributed by atoms with Crippen molar-refractivity contribution in [3.05, 3.63) is 16.0 Å². The molecule has 6 nitrogen and oxygen atoms in total. The number of carbonyl (C=O) groups is 2. The summed E-state index contributed by atoms with van der Waals surface area (Å²) in [7, 11) is 0. The number of amides is 1. The van der Waals surface area contributed by atoms with E-state index >= 15 is 0 Å². The first-order chi connectivity index (χ1) is 11.1. The number of fused-ring (bicyclic) bond motifs is 1. The van der Waals surface area contributed by atoms with E-state index in [2.05, 4.69) is 11.4 Å². The minimum Gasteiger partial charge on any atom is -0.480 e. The third kappa shape index (κ3) is 3.09. The first kappa shape index (κ1) is 16.3. The maximum atomic E-state index is 12.1. The monoisotopic (exact) mass is 352 g/mol. The highest BCUT2D eigenvalue weighted by Gasteiger charge is 2.47. The van der Waals surface area contributed by atoms with Crippen molar-refractivity contribution in [2.45, 2.75) is 30.4 Å². The van der Waals surface area contributed by atoms with Crippen molar-refractivity contribution >= 4 is 40.0 Å². The Morgan fingerprint density at radius 3 is 2.74 bits per heavy atom. The summed E-state index contributed by atoms with van der Waals surface area (Å²) in [5.41, 5.74) is 1.64. The molecule has 0 saturated carbocycles. The van der Waals surface area contributed by atoms with Gasteiger partial charge in [0.25, 0.3) is 0 Å². The molecule has 2 aliphatic rings. The quantitative estimate of drug-likeness (QED) is 0.841. The Kier molecular flexibility index (Phi) is 4.62. The number of rotatable bonds is 5. The third-order valence-corrected chi connectivity index (χ3v) is 6.65. The van der Waals surface area contributed by atoms with Crippen molar-refractivity contribution in [2.75, 3.05) is 24.3 Å². The number of aryl methyl sites for hydroxylation is 1. The molecule has 1 amide bonds. The maximum absolute atomic E-state index is 12.1. The molecular formula is C15H16N2O4S2. The van der Waals surface area contributed by atoms with Gasteiger partial charge >= 0.3 is 5.97 Å². The highest BCUT2D eigenvalue weighted by atomic mass is 32.2. The van der Waals surface area contributed by atoms with Crippen LogP contribution in [0.1, 0.15) is 28.8 Å². The molecule has 1 saturated heterocycles. The van der Waals surface area contributed by atoms with Gasteiger partial charge in [0.15, 0.2) is 4.75 Å². The average Bonchev–Trinajstić information content (AvgIpc) is 2.82. The van der Waals surface area contributed by atoms with Gasteiger partial charge in [0.05, 0.1) is 24.5 Å². The van der Waals surface area contributed by atoms with E-state index in [1.165, 1.54) is 16.2 Å². The lowest BCUT2D eigenvalue weighted by Gasteiger charge is -2.36. The van der Waals surface area contributed by atoms with E-state index in [9.17, 15) is 20.0 Å². The van der Waals surface area contributed by atoms with E-state index in [1.807, 2.05) is 0 Å². The van der Waals surface area contributed by atoms with Crippen molar-refractivity contribution in [3.8, 4) is 6.07 Å². The van der Waals surface area contributed by atoms with Gasteiger partial charge in [0.2, 0.25) is 5.91 Å². The first-order valence-corrected chi connectivity index (χ1v) is 9.15. The fraction of sp³-hybridized carbons (Fsp3) is 0.533. The minimum atomic E-state index is -1.01. The lowest BCUT2D eigenvalue weighted by Crippen LogP contribution is -2.53. The molecule has 122 valence electrons. The molecule has 8 heteroatoms. The minimum absolute atomic E-state index is 0.0308. The van der Waals surface area contributed by atoms with Crippen LogP contribution in [-0.4, -0.2) is 40.7 Å². The summed E-state index contributed by atoms with van der Waals surface area (Å²) in [6.07, 6.45) is 4.03. The Morgan fingerprint density at radius 2 is 2.13 bits per heavy atom. The molecule has 2 N–H and O–H groups in total. The van der Waals surface area contributed by atoms with Crippen molar-refractivity contribution < 1.29 is 19.4 Å². The second kappa shape index (κ2) is 6.51. The van der Waals surface area contributed by atoms with Crippen LogP contribution in [0.4, 0.5) is 5.00 Å². The molecule has 0 aromatic carbocycles. The van der Waals surface area contributed by atoms with Crippen molar-refractivity contribution in [3.63, 3.8) is 0 Å². The number of carbonyl (C=O) groups excluding carboxylic acids is 1. The third-order valence-electron chi connectivity index (χ3n) is 4.08. The Balaban J connectivity index is 1.65. The van der Waals surface area contributed by atoms with Gasteiger partial charge in [0.1, 0.15) is 11.1 Å². The molecule has 0 bridgehead atoms. The van der Waals surface area contributed by atoms with Crippen LogP contribution in [0, 0.1) is 11.3 Å². The molecular weight excluding hydrogens is 336 g/mol. The highest BCUT2D eigenvalue weighted by Crippen LogP contribution is 2.38. The Hall–Kier alpha value is -1.56. The zero-order valence-electron chi connectivity index (χ0n) is 12.4. The maximum Gasteiger partial charge on any atom is 0.324 e. The number of thiophene rings is 1. The summed E-state index contributed by atoms with van der Waals surface area (Å²) >= 11 is 2.55. The molecule has 1 aliphatic heterocycles. The predicted molar refractivity (Wildman–Crippen MR) is 87.9 cm³/mol. The normalized spacial score (nSPS) is 18.4. The molecule has 0 spiro atoms. The first-order valence-electron chi connectivity index (χ1n) is 7.35. The molecule has 3 rings (SSSR count). The van der Waals surface area contributed by atoms with E-state index in [1.54, 1.807) is 0 Å². The molecule has 1 aliphatic carbocycles.